The molecule has 9 heteroatoms. The molecule has 0 saturated heterocycles. The highest BCUT2D eigenvalue weighted by Gasteiger charge is 2.25. The Balaban J connectivity index is 1.19. The van der Waals surface area contributed by atoms with Crippen molar-refractivity contribution in [1.82, 2.24) is 25.9 Å². The zero-order valence-electron chi connectivity index (χ0n) is 19.4. The molecule has 36 heavy (non-hydrogen) atoms. The molecular weight excluding hydrogens is 458 g/mol. The molecule has 0 spiro atoms. The second-order valence-corrected chi connectivity index (χ2v) is 8.33. The number of H-pyrrole nitrogens is 1. The van der Waals surface area contributed by atoms with Gasteiger partial charge in [0, 0.05) is 17.5 Å². The molecule has 0 radical (unpaired) electrons. The van der Waals surface area contributed by atoms with Gasteiger partial charge >= 0.3 is 0 Å². The second kappa shape index (κ2) is 10.8. The first kappa shape index (κ1) is 23.3. The molecule has 0 bridgehead atoms. The quantitative estimate of drug-likeness (QED) is 0.309. The van der Waals surface area contributed by atoms with Crippen molar-refractivity contribution < 1.29 is 19.4 Å². The molecule has 0 aliphatic carbocycles. The predicted octanol–water partition coefficient (Wildman–Crippen LogP) is 3.83. The lowest BCUT2D eigenvalue weighted by Crippen LogP contribution is -2.28. The number of ether oxygens (including phenoxy) is 2. The van der Waals surface area contributed by atoms with E-state index in [-0.39, 0.29) is 11.7 Å². The summed E-state index contributed by atoms with van der Waals surface area (Å²) in [4.78, 5) is 13.0. The van der Waals surface area contributed by atoms with Gasteiger partial charge in [-0.05, 0) is 54.0 Å². The smallest absolute Gasteiger partial charge is 0.255 e. The van der Waals surface area contributed by atoms with Crippen molar-refractivity contribution in [2.24, 2.45) is 0 Å². The Bertz CT molecular complexity index is 1340. The van der Waals surface area contributed by atoms with E-state index in [1.54, 1.807) is 24.3 Å². The van der Waals surface area contributed by atoms with E-state index in [1.807, 2.05) is 54.6 Å². The molecule has 1 aromatic heterocycles. The molecule has 1 amide bonds. The van der Waals surface area contributed by atoms with Crippen molar-refractivity contribution in [3.05, 3.63) is 107 Å². The Labute approximate surface area is 207 Å². The number of aromatic nitrogens is 4. The van der Waals surface area contributed by atoms with E-state index in [4.69, 9.17) is 9.47 Å². The van der Waals surface area contributed by atoms with Gasteiger partial charge in [-0.1, -0.05) is 48.5 Å². The van der Waals surface area contributed by atoms with Crippen molar-refractivity contribution in [2.75, 3.05) is 6.61 Å². The number of aliphatic hydroxyl groups excluding tert-OH is 1. The minimum Gasteiger partial charge on any atom is -0.494 e. The lowest BCUT2D eigenvalue weighted by molar-refractivity contribution is 0.0964. The number of aliphatic hydroxyl groups is 1. The number of allylic oxidation sites excluding steroid dienone is 1. The zero-order valence-corrected chi connectivity index (χ0v) is 19.4. The fraction of sp³-hybridized carbons (Fsp3) is 0.185. The largest absolute Gasteiger partial charge is 0.494 e. The van der Waals surface area contributed by atoms with Gasteiger partial charge in [0.05, 0.1) is 18.4 Å². The van der Waals surface area contributed by atoms with Gasteiger partial charge in [0.15, 0.2) is 5.76 Å². The number of tetrazole rings is 1. The Morgan fingerprint density at radius 1 is 1.06 bits per heavy atom. The molecular formula is C27H25N5O4. The van der Waals surface area contributed by atoms with Crippen LogP contribution in [0.4, 0.5) is 0 Å². The summed E-state index contributed by atoms with van der Waals surface area (Å²) in [6.45, 7) is 0.465. The fourth-order valence-electron chi connectivity index (χ4n) is 3.95. The van der Waals surface area contributed by atoms with Gasteiger partial charge in [0.2, 0.25) is 5.82 Å². The van der Waals surface area contributed by atoms with Crippen LogP contribution in [0.5, 0.6) is 11.5 Å². The van der Waals surface area contributed by atoms with Crippen molar-refractivity contribution in [3.8, 4) is 11.5 Å². The van der Waals surface area contributed by atoms with Crippen LogP contribution >= 0.6 is 0 Å². The van der Waals surface area contributed by atoms with Crippen LogP contribution in [-0.4, -0.2) is 38.2 Å². The number of para-hydroxylation sites is 1. The SMILES string of the molecule is O=C(NC1=C(c2nn[nH]n2)Oc2ccccc2C1)c1ccc(OCCCC(O)c2ccccc2)cc1. The first-order valence-electron chi connectivity index (χ1n) is 11.7. The summed E-state index contributed by atoms with van der Waals surface area (Å²) in [6.07, 6.45) is 1.26. The maximum Gasteiger partial charge on any atom is 0.255 e. The van der Waals surface area contributed by atoms with Crippen molar-refractivity contribution in [1.29, 1.82) is 0 Å². The number of nitrogens with zero attached hydrogens (tertiary/aromatic N) is 3. The predicted molar refractivity (Wildman–Crippen MR) is 132 cm³/mol. The van der Waals surface area contributed by atoms with E-state index >= 15 is 0 Å². The molecule has 5 rings (SSSR count). The van der Waals surface area contributed by atoms with Crippen molar-refractivity contribution in [2.45, 2.75) is 25.4 Å². The first-order valence-corrected chi connectivity index (χ1v) is 11.7. The maximum absolute atomic E-state index is 13.0. The Morgan fingerprint density at radius 3 is 2.61 bits per heavy atom. The van der Waals surface area contributed by atoms with Crippen LogP contribution in [0.2, 0.25) is 0 Å². The second-order valence-electron chi connectivity index (χ2n) is 8.33. The van der Waals surface area contributed by atoms with Crippen molar-refractivity contribution in [3.63, 3.8) is 0 Å². The monoisotopic (exact) mass is 483 g/mol. The Hall–Kier alpha value is -4.50. The van der Waals surface area contributed by atoms with Gasteiger partial charge < -0.3 is 19.9 Å². The molecule has 4 aromatic rings. The van der Waals surface area contributed by atoms with Gasteiger partial charge in [0.1, 0.15) is 11.5 Å². The van der Waals surface area contributed by atoms with E-state index in [0.29, 0.717) is 54.4 Å². The molecule has 1 aliphatic heterocycles. The highest BCUT2D eigenvalue weighted by Crippen LogP contribution is 2.32. The van der Waals surface area contributed by atoms with Gasteiger partial charge in [0.25, 0.3) is 5.91 Å². The van der Waals surface area contributed by atoms with E-state index in [9.17, 15) is 9.90 Å². The van der Waals surface area contributed by atoms with Crippen LogP contribution in [0.1, 0.15) is 46.3 Å². The normalized spacial score (nSPS) is 13.5. The van der Waals surface area contributed by atoms with Crippen LogP contribution in [0.3, 0.4) is 0 Å². The highest BCUT2D eigenvalue weighted by molar-refractivity contribution is 5.96. The molecule has 1 aliphatic rings. The van der Waals surface area contributed by atoms with E-state index in [0.717, 1.165) is 11.1 Å². The summed E-state index contributed by atoms with van der Waals surface area (Å²) >= 11 is 0. The van der Waals surface area contributed by atoms with Crippen LogP contribution in [0, 0.1) is 0 Å². The van der Waals surface area contributed by atoms with Crippen LogP contribution < -0.4 is 14.8 Å². The van der Waals surface area contributed by atoms with Gasteiger partial charge in [-0.15, -0.1) is 10.2 Å². The Kier molecular flexibility index (Phi) is 7.00. The first-order chi connectivity index (χ1) is 17.7. The number of amides is 1. The minimum absolute atomic E-state index is 0.265. The van der Waals surface area contributed by atoms with Crippen LogP contribution in [0.25, 0.3) is 5.76 Å². The lowest BCUT2D eigenvalue weighted by Gasteiger charge is -2.22. The number of benzene rings is 3. The average Bonchev–Trinajstić information content (AvgIpc) is 3.46. The summed E-state index contributed by atoms with van der Waals surface area (Å²) in [5.74, 6) is 1.68. The average molecular weight is 484 g/mol. The van der Waals surface area contributed by atoms with Crippen molar-refractivity contribution >= 4 is 11.7 Å². The van der Waals surface area contributed by atoms with Gasteiger partial charge in [-0.3, -0.25) is 4.79 Å². The topological polar surface area (TPSA) is 122 Å². The molecule has 3 N–H and O–H groups in total. The molecule has 9 nitrogen and oxygen atoms in total. The summed E-state index contributed by atoms with van der Waals surface area (Å²) < 4.78 is 11.8. The van der Waals surface area contributed by atoms with E-state index in [1.165, 1.54) is 0 Å². The fourth-order valence-corrected chi connectivity index (χ4v) is 3.95. The number of rotatable bonds is 9. The van der Waals surface area contributed by atoms with E-state index in [2.05, 4.69) is 25.9 Å². The molecule has 2 heterocycles. The highest BCUT2D eigenvalue weighted by atomic mass is 16.5. The third kappa shape index (κ3) is 5.42. The summed E-state index contributed by atoms with van der Waals surface area (Å²) in [5.41, 5.74) is 2.87. The number of carbonyl (C=O) groups is 1. The van der Waals surface area contributed by atoms with Crippen LogP contribution in [0.15, 0.2) is 84.6 Å². The molecule has 182 valence electrons. The number of aromatic amines is 1. The number of hydrogen-bond acceptors (Lipinski definition) is 7. The number of carbonyl (C=O) groups excluding carboxylic acids is 1. The van der Waals surface area contributed by atoms with Crippen LogP contribution in [-0.2, 0) is 6.42 Å². The minimum atomic E-state index is -0.511. The summed E-state index contributed by atoms with van der Waals surface area (Å²) in [6, 6.07) is 24.1. The Morgan fingerprint density at radius 2 is 1.83 bits per heavy atom. The number of hydrogen-bond donors (Lipinski definition) is 3. The number of nitrogens with one attached hydrogen (secondary N) is 2. The molecule has 1 atom stereocenters. The van der Waals surface area contributed by atoms with Gasteiger partial charge in [-0.25, -0.2) is 0 Å². The third-order valence-electron chi connectivity index (χ3n) is 5.83. The molecule has 0 fully saturated rings. The number of fused-ring (bicyclic) bond motifs is 1. The lowest BCUT2D eigenvalue weighted by atomic mass is 10.0. The van der Waals surface area contributed by atoms with E-state index < -0.39 is 6.10 Å². The third-order valence-corrected chi connectivity index (χ3v) is 5.83. The van der Waals surface area contributed by atoms with Gasteiger partial charge in [-0.2, -0.15) is 5.21 Å². The summed E-state index contributed by atoms with van der Waals surface area (Å²) in [7, 11) is 0. The zero-order chi connectivity index (χ0) is 24.7. The molecule has 3 aromatic carbocycles. The molecule has 0 saturated carbocycles. The standard InChI is InChI=1S/C27H25N5O4/c33-23(18-7-2-1-3-8-18)10-6-16-35-21-14-12-19(13-15-21)27(34)28-22-17-20-9-4-5-11-24(20)36-25(22)26-29-31-32-30-26/h1-5,7-9,11-15,23,33H,6,10,16-17H2,(H,28,34)(H,29,30,31,32). The molecule has 1 unspecified atom stereocenters. The summed E-state index contributed by atoms with van der Waals surface area (Å²) in [5, 5.41) is 27.2. The maximum atomic E-state index is 13.0.